The van der Waals surface area contributed by atoms with Crippen molar-refractivity contribution < 1.29 is 4.74 Å². The van der Waals surface area contributed by atoms with Crippen LogP contribution in [0.2, 0.25) is 0 Å². The Kier molecular flexibility index (Phi) is 5.56. The fraction of sp³-hybridized carbons (Fsp3) is 0.636. The molecule has 0 aliphatic carbocycles. The molecule has 0 spiro atoms. The lowest BCUT2D eigenvalue weighted by molar-refractivity contribution is 0.305. The number of aromatic nitrogens is 2. The lowest BCUT2D eigenvalue weighted by Crippen LogP contribution is -2.23. The van der Waals surface area contributed by atoms with Gasteiger partial charge in [-0.2, -0.15) is 4.98 Å². The summed E-state index contributed by atoms with van der Waals surface area (Å²) in [6.07, 6.45) is 3.62. The van der Waals surface area contributed by atoms with Crippen LogP contribution in [0.3, 0.4) is 0 Å². The van der Waals surface area contributed by atoms with Gasteiger partial charge in [0.05, 0.1) is 6.61 Å². The summed E-state index contributed by atoms with van der Waals surface area (Å²) in [5.74, 6) is 1.31. The average molecular weight is 224 g/mol. The Morgan fingerprint density at radius 3 is 3.00 bits per heavy atom. The number of nitrogens with zero attached hydrogens (tertiary/aromatic N) is 3. The summed E-state index contributed by atoms with van der Waals surface area (Å²) in [6, 6.07) is 1.77. The van der Waals surface area contributed by atoms with Crippen LogP contribution in [0, 0.1) is 0 Å². The number of rotatable bonds is 7. The van der Waals surface area contributed by atoms with Gasteiger partial charge in [-0.1, -0.05) is 6.92 Å². The predicted octanol–water partition coefficient (Wildman–Crippen LogP) is 1.05. The topological polar surface area (TPSA) is 64.3 Å². The van der Waals surface area contributed by atoms with Crippen molar-refractivity contribution in [3.8, 4) is 5.88 Å². The van der Waals surface area contributed by atoms with Crippen LogP contribution < -0.4 is 15.4 Å². The van der Waals surface area contributed by atoms with Crippen molar-refractivity contribution in [3.63, 3.8) is 0 Å². The fourth-order valence-electron chi connectivity index (χ4n) is 1.23. The molecule has 0 radical (unpaired) electrons. The van der Waals surface area contributed by atoms with Gasteiger partial charge in [0, 0.05) is 25.9 Å². The van der Waals surface area contributed by atoms with E-state index in [2.05, 4.69) is 16.9 Å². The molecule has 0 aromatic carbocycles. The minimum atomic E-state index is 0.631. The van der Waals surface area contributed by atoms with E-state index >= 15 is 0 Å². The van der Waals surface area contributed by atoms with E-state index in [1.807, 2.05) is 11.9 Å². The lowest BCUT2D eigenvalue weighted by atomic mass is 10.4. The van der Waals surface area contributed by atoms with E-state index in [1.54, 1.807) is 12.3 Å². The zero-order chi connectivity index (χ0) is 11.8. The Labute approximate surface area is 96.6 Å². The summed E-state index contributed by atoms with van der Waals surface area (Å²) in [4.78, 5) is 10.5. The van der Waals surface area contributed by atoms with E-state index in [9.17, 15) is 0 Å². The van der Waals surface area contributed by atoms with Crippen LogP contribution in [0.15, 0.2) is 12.3 Å². The van der Waals surface area contributed by atoms with Crippen molar-refractivity contribution in [3.05, 3.63) is 12.3 Å². The normalized spacial score (nSPS) is 10.2. The maximum atomic E-state index is 5.46. The molecule has 5 nitrogen and oxygen atoms in total. The highest BCUT2D eigenvalue weighted by molar-refractivity contribution is 5.30. The van der Waals surface area contributed by atoms with E-state index in [0.717, 1.165) is 19.4 Å². The highest BCUT2D eigenvalue weighted by atomic mass is 16.5. The van der Waals surface area contributed by atoms with Gasteiger partial charge in [0.2, 0.25) is 11.8 Å². The molecule has 16 heavy (non-hydrogen) atoms. The summed E-state index contributed by atoms with van der Waals surface area (Å²) in [6.45, 7) is 4.28. The number of nitrogens with two attached hydrogens (primary N) is 1. The first-order valence-corrected chi connectivity index (χ1v) is 5.65. The molecule has 90 valence electrons. The molecule has 1 aromatic rings. The van der Waals surface area contributed by atoms with Gasteiger partial charge in [0.25, 0.3) is 0 Å². The maximum Gasteiger partial charge on any atom is 0.228 e. The van der Waals surface area contributed by atoms with Gasteiger partial charge in [-0.15, -0.1) is 0 Å². The fourth-order valence-corrected chi connectivity index (χ4v) is 1.23. The van der Waals surface area contributed by atoms with Crippen molar-refractivity contribution in [2.24, 2.45) is 5.73 Å². The zero-order valence-electron chi connectivity index (χ0n) is 10.0. The molecule has 0 aliphatic heterocycles. The second-order valence-corrected chi connectivity index (χ2v) is 3.61. The molecule has 0 fully saturated rings. The van der Waals surface area contributed by atoms with Gasteiger partial charge < -0.3 is 15.4 Å². The van der Waals surface area contributed by atoms with Gasteiger partial charge in [-0.25, -0.2) is 4.98 Å². The SMILES string of the molecule is CCCOc1ccnc(N(C)CCCN)n1. The summed E-state index contributed by atoms with van der Waals surface area (Å²) in [5.41, 5.74) is 5.46. The van der Waals surface area contributed by atoms with Crippen molar-refractivity contribution in [1.29, 1.82) is 0 Å². The molecule has 1 rings (SSSR count). The third-order valence-electron chi connectivity index (χ3n) is 2.11. The average Bonchev–Trinajstić information content (AvgIpc) is 2.33. The lowest BCUT2D eigenvalue weighted by Gasteiger charge is -2.16. The standard InChI is InChI=1S/C11H20N4O/c1-3-9-16-10-5-7-13-11(14-10)15(2)8-4-6-12/h5,7H,3-4,6,8-9,12H2,1-2H3. The van der Waals surface area contributed by atoms with Crippen LogP contribution in [-0.4, -0.2) is 36.7 Å². The number of hydrogen-bond acceptors (Lipinski definition) is 5. The Morgan fingerprint density at radius 1 is 1.50 bits per heavy atom. The molecule has 0 amide bonds. The molecule has 0 bridgehead atoms. The van der Waals surface area contributed by atoms with Crippen molar-refractivity contribution in [2.75, 3.05) is 31.6 Å². The third kappa shape index (κ3) is 4.02. The van der Waals surface area contributed by atoms with Gasteiger partial charge in [-0.3, -0.25) is 0 Å². The molecule has 2 N–H and O–H groups in total. The smallest absolute Gasteiger partial charge is 0.228 e. The Morgan fingerprint density at radius 2 is 2.31 bits per heavy atom. The second-order valence-electron chi connectivity index (χ2n) is 3.61. The first-order valence-electron chi connectivity index (χ1n) is 5.65. The van der Waals surface area contributed by atoms with Crippen LogP contribution in [0.1, 0.15) is 19.8 Å². The van der Waals surface area contributed by atoms with Crippen LogP contribution in [0.25, 0.3) is 0 Å². The molecule has 0 unspecified atom stereocenters. The number of hydrogen-bond donors (Lipinski definition) is 1. The van der Waals surface area contributed by atoms with E-state index < -0.39 is 0 Å². The van der Waals surface area contributed by atoms with E-state index in [-0.39, 0.29) is 0 Å². The first kappa shape index (κ1) is 12.7. The van der Waals surface area contributed by atoms with Gasteiger partial charge >= 0.3 is 0 Å². The summed E-state index contributed by atoms with van der Waals surface area (Å²) in [7, 11) is 1.95. The second kappa shape index (κ2) is 7.00. The third-order valence-corrected chi connectivity index (χ3v) is 2.11. The molecule has 0 aliphatic rings. The minimum Gasteiger partial charge on any atom is -0.478 e. The van der Waals surface area contributed by atoms with E-state index in [4.69, 9.17) is 10.5 Å². The monoisotopic (exact) mass is 224 g/mol. The predicted molar refractivity (Wildman–Crippen MR) is 64.8 cm³/mol. The minimum absolute atomic E-state index is 0.631. The van der Waals surface area contributed by atoms with Crippen LogP contribution in [0.4, 0.5) is 5.95 Å². The van der Waals surface area contributed by atoms with Crippen molar-refractivity contribution >= 4 is 5.95 Å². The Bertz CT molecular complexity index is 306. The first-order chi connectivity index (χ1) is 7.77. The molecule has 1 aromatic heterocycles. The summed E-state index contributed by atoms with van der Waals surface area (Å²) >= 11 is 0. The number of ether oxygens (including phenoxy) is 1. The zero-order valence-corrected chi connectivity index (χ0v) is 10.0. The summed E-state index contributed by atoms with van der Waals surface area (Å²) in [5, 5.41) is 0. The summed E-state index contributed by atoms with van der Waals surface area (Å²) < 4.78 is 5.45. The van der Waals surface area contributed by atoms with Gasteiger partial charge in [0.15, 0.2) is 0 Å². The molecular weight excluding hydrogens is 204 g/mol. The van der Waals surface area contributed by atoms with Crippen LogP contribution in [-0.2, 0) is 0 Å². The van der Waals surface area contributed by atoms with Crippen molar-refractivity contribution in [2.45, 2.75) is 19.8 Å². The van der Waals surface area contributed by atoms with Crippen LogP contribution in [0.5, 0.6) is 5.88 Å². The quantitative estimate of drug-likeness (QED) is 0.750. The van der Waals surface area contributed by atoms with E-state index in [0.29, 0.717) is 25.0 Å². The Balaban J connectivity index is 2.58. The largest absolute Gasteiger partial charge is 0.478 e. The number of anilines is 1. The molecular formula is C11H20N4O. The Hall–Kier alpha value is -1.36. The maximum absolute atomic E-state index is 5.46. The van der Waals surface area contributed by atoms with Crippen LogP contribution >= 0.6 is 0 Å². The van der Waals surface area contributed by atoms with Gasteiger partial charge in [0.1, 0.15) is 0 Å². The molecule has 5 heteroatoms. The highest BCUT2D eigenvalue weighted by Gasteiger charge is 2.04. The van der Waals surface area contributed by atoms with E-state index in [1.165, 1.54) is 0 Å². The highest BCUT2D eigenvalue weighted by Crippen LogP contribution is 2.11. The van der Waals surface area contributed by atoms with Gasteiger partial charge in [-0.05, 0) is 19.4 Å². The molecule has 0 saturated heterocycles. The van der Waals surface area contributed by atoms with Crippen molar-refractivity contribution in [1.82, 2.24) is 9.97 Å². The molecule has 0 atom stereocenters. The molecule has 0 saturated carbocycles. The molecule has 1 heterocycles.